The van der Waals surface area contributed by atoms with E-state index in [1.165, 1.54) is 24.5 Å². The summed E-state index contributed by atoms with van der Waals surface area (Å²) in [6.07, 6.45) is 0.247. The van der Waals surface area contributed by atoms with Crippen LogP contribution in [0.4, 0.5) is 11.4 Å². The predicted molar refractivity (Wildman–Crippen MR) is 83.9 cm³/mol. The van der Waals surface area contributed by atoms with Crippen LogP contribution in [0.3, 0.4) is 0 Å². The maximum Gasteiger partial charge on any atom is 0.242 e. The summed E-state index contributed by atoms with van der Waals surface area (Å²) in [7, 11) is -0.449. The Morgan fingerprint density at radius 3 is 2.29 bits per heavy atom. The molecular formula is C14H23N3O3S. The fourth-order valence-electron chi connectivity index (χ4n) is 2.57. The van der Waals surface area contributed by atoms with Gasteiger partial charge in [0.25, 0.3) is 0 Å². The molecule has 0 aliphatic carbocycles. The molecule has 7 heteroatoms. The largest absolute Gasteiger partial charge is 0.397 e. The van der Waals surface area contributed by atoms with Crippen molar-refractivity contribution in [1.82, 2.24) is 4.31 Å². The molecule has 1 aromatic carbocycles. The third kappa shape index (κ3) is 3.30. The first kappa shape index (κ1) is 16.1. The predicted octanol–water partition coefficient (Wildman–Crippen LogP) is 1.13. The molecule has 1 fully saturated rings. The third-order valence-corrected chi connectivity index (χ3v) is 5.35. The van der Waals surface area contributed by atoms with E-state index in [0.29, 0.717) is 5.69 Å². The van der Waals surface area contributed by atoms with Gasteiger partial charge >= 0.3 is 0 Å². The van der Waals surface area contributed by atoms with Crippen LogP contribution in [0, 0.1) is 0 Å². The zero-order chi connectivity index (χ0) is 15.8. The molecule has 2 atom stereocenters. The lowest BCUT2D eigenvalue weighted by Gasteiger charge is -2.37. The number of rotatable bonds is 3. The van der Waals surface area contributed by atoms with Gasteiger partial charge in [0.1, 0.15) is 0 Å². The minimum atomic E-state index is -3.46. The first-order valence-corrected chi connectivity index (χ1v) is 8.38. The smallest absolute Gasteiger partial charge is 0.242 e. The second-order valence-corrected chi connectivity index (χ2v) is 7.82. The van der Waals surface area contributed by atoms with Crippen LogP contribution < -0.4 is 10.6 Å². The molecule has 1 aliphatic heterocycles. The van der Waals surface area contributed by atoms with Crippen molar-refractivity contribution < 1.29 is 13.2 Å². The number of hydrogen-bond acceptors (Lipinski definition) is 5. The molecule has 0 amide bonds. The van der Waals surface area contributed by atoms with Crippen LogP contribution in [0.25, 0.3) is 0 Å². The van der Waals surface area contributed by atoms with E-state index in [-0.39, 0.29) is 17.1 Å². The topological polar surface area (TPSA) is 75.9 Å². The molecule has 1 heterocycles. The minimum absolute atomic E-state index is 0.123. The average Bonchev–Trinajstić information content (AvgIpc) is 2.37. The van der Waals surface area contributed by atoms with Gasteiger partial charge in [-0.3, -0.25) is 0 Å². The van der Waals surface area contributed by atoms with Crippen LogP contribution in [0.2, 0.25) is 0 Å². The molecule has 2 rings (SSSR count). The molecule has 0 saturated carbocycles. The fourth-order valence-corrected chi connectivity index (χ4v) is 3.50. The van der Waals surface area contributed by atoms with Gasteiger partial charge in [0, 0.05) is 27.2 Å². The van der Waals surface area contributed by atoms with Crippen LogP contribution in [-0.4, -0.2) is 52.1 Å². The lowest BCUT2D eigenvalue weighted by molar-refractivity contribution is -0.00517. The van der Waals surface area contributed by atoms with Crippen molar-refractivity contribution in [2.45, 2.75) is 31.0 Å². The minimum Gasteiger partial charge on any atom is -0.397 e. The molecule has 2 N–H and O–H groups in total. The summed E-state index contributed by atoms with van der Waals surface area (Å²) in [4.78, 5) is 2.35. The summed E-state index contributed by atoms with van der Waals surface area (Å²) < 4.78 is 31.1. The van der Waals surface area contributed by atoms with Crippen LogP contribution in [-0.2, 0) is 14.8 Å². The van der Waals surface area contributed by atoms with Gasteiger partial charge in [0.15, 0.2) is 0 Å². The highest BCUT2D eigenvalue weighted by molar-refractivity contribution is 7.89. The highest BCUT2D eigenvalue weighted by atomic mass is 32.2. The number of nitrogen functional groups attached to an aromatic ring is 1. The molecule has 0 aromatic heterocycles. The maximum atomic E-state index is 12.1. The number of nitrogens with zero attached hydrogens (tertiary/aromatic N) is 2. The summed E-state index contributed by atoms with van der Waals surface area (Å²) in [5.41, 5.74) is 7.40. The summed E-state index contributed by atoms with van der Waals surface area (Å²) in [6.45, 7) is 5.52. The Labute approximate surface area is 126 Å². The third-order valence-electron chi connectivity index (χ3n) is 3.54. The number of anilines is 2. The molecular weight excluding hydrogens is 290 g/mol. The van der Waals surface area contributed by atoms with E-state index in [1.54, 1.807) is 12.1 Å². The highest BCUT2D eigenvalue weighted by Crippen LogP contribution is 2.29. The molecule has 0 bridgehead atoms. The Bertz CT molecular complexity index is 606. The Morgan fingerprint density at radius 1 is 1.24 bits per heavy atom. The summed E-state index contributed by atoms with van der Waals surface area (Å²) in [6, 6.07) is 4.90. The van der Waals surface area contributed by atoms with E-state index in [2.05, 4.69) is 4.90 Å². The normalized spacial score (nSPS) is 23.6. The number of nitrogens with two attached hydrogens (primary N) is 1. The summed E-state index contributed by atoms with van der Waals surface area (Å²) in [5, 5.41) is 0. The van der Waals surface area contributed by atoms with E-state index >= 15 is 0 Å². The van der Waals surface area contributed by atoms with E-state index in [9.17, 15) is 8.42 Å². The number of ether oxygens (including phenoxy) is 1. The standard InChI is InChI=1S/C14H23N3O3S/c1-10-8-17(9-11(2)20-10)14-6-5-12(7-13(14)15)21(18,19)16(3)4/h5-7,10-11H,8-9,15H2,1-4H3. The molecule has 2 unspecified atom stereocenters. The second-order valence-electron chi connectivity index (χ2n) is 5.67. The zero-order valence-corrected chi connectivity index (χ0v) is 13.7. The van der Waals surface area contributed by atoms with Crippen LogP contribution in [0.5, 0.6) is 0 Å². The summed E-state index contributed by atoms with van der Waals surface area (Å²) in [5.74, 6) is 0. The van der Waals surface area contributed by atoms with Gasteiger partial charge < -0.3 is 15.4 Å². The van der Waals surface area contributed by atoms with Crippen molar-refractivity contribution in [1.29, 1.82) is 0 Å². The van der Waals surface area contributed by atoms with Crippen molar-refractivity contribution in [3.05, 3.63) is 18.2 Å². The first-order chi connectivity index (χ1) is 9.71. The monoisotopic (exact) mass is 313 g/mol. The van der Waals surface area contributed by atoms with Crippen LogP contribution >= 0.6 is 0 Å². The van der Waals surface area contributed by atoms with Crippen LogP contribution in [0.1, 0.15) is 13.8 Å². The number of morpholine rings is 1. The van der Waals surface area contributed by atoms with Gasteiger partial charge in [0.2, 0.25) is 10.0 Å². The maximum absolute atomic E-state index is 12.1. The Kier molecular flexibility index (Phi) is 4.46. The molecule has 0 spiro atoms. The van der Waals surface area contributed by atoms with Gasteiger partial charge in [-0.05, 0) is 32.0 Å². The van der Waals surface area contributed by atoms with Gasteiger partial charge in [-0.25, -0.2) is 12.7 Å². The SMILES string of the molecule is CC1CN(c2ccc(S(=O)(=O)N(C)C)cc2N)CC(C)O1. The number of benzene rings is 1. The average molecular weight is 313 g/mol. The van der Waals surface area contributed by atoms with E-state index in [4.69, 9.17) is 10.5 Å². The fraction of sp³-hybridized carbons (Fsp3) is 0.571. The Hall–Kier alpha value is -1.31. The molecule has 1 saturated heterocycles. The van der Waals surface area contributed by atoms with Crippen molar-refractivity contribution in [2.24, 2.45) is 0 Å². The molecule has 21 heavy (non-hydrogen) atoms. The summed E-state index contributed by atoms with van der Waals surface area (Å²) >= 11 is 0. The molecule has 1 aliphatic rings. The molecule has 0 radical (unpaired) electrons. The van der Waals surface area contributed by atoms with Gasteiger partial charge in [-0.1, -0.05) is 0 Å². The van der Waals surface area contributed by atoms with Gasteiger partial charge in [-0.15, -0.1) is 0 Å². The lowest BCUT2D eigenvalue weighted by atomic mass is 10.2. The Morgan fingerprint density at radius 2 is 1.81 bits per heavy atom. The Balaban J connectivity index is 2.32. The van der Waals surface area contributed by atoms with E-state index in [1.807, 2.05) is 13.8 Å². The van der Waals surface area contributed by atoms with Gasteiger partial charge in [-0.2, -0.15) is 0 Å². The second kappa shape index (κ2) is 5.82. The highest BCUT2D eigenvalue weighted by Gasteiger charge is 2.25. The van der Waals surface area contributed by atoms with Gasteiger partial charge in [0.05, 0.1) is 28.5 Å². The van der Waals surface area contributed by atoms with E-state index in [0.717, 1.165) is 18.8 Å². The molecule has 1 aromatic rings. The quantitative estimate of drug-likeness (QED) is 0.847. The van der Waals surface area contributed by atoms with Crippen molar-refractivity contribution in [3.8, 4) is 0 Å². The van der Waals surface area contributed by atoms with Crippen molar-refractivity contribution in [3.63, 3.8) is 0 Å². The van der Waals surface area contributed by atoms with E-state index < -0.39 is 10.0 Å². The lowest BCUT2D eigenvalue weighted by Crippen LogP contribution is -2.45. The molecule has 118 valence electrons. The zero-order valence-electron chi connectivity index (χ0n) is 12.9. The number of hydrogen-bond donors (Lipinski definition) is 1. The first-order valence-electron chi connectivity index (χ1n) is 6.94. The van der Waals surface area contributed by atoms with Crippen molar-refractivity contribution >= 4 is 21.4 Å². The molecule has 6 nitrogen and oxygen atoms in total. The van der Waals surface area contributed by atoms with Crippen LogP contribution in [0.15, 0.2) is 23.1 Å². The number of sulfonamides is 1. The van der Waals surface area contributed by atoms with Crippen molar-refractivity contribution in [2.75, 3.05) is 37.8 Å².